The van der Waals surface area contributed by atoms with E-state index in [-0.39, 0.29) is 11.9 Å². The average Bonchev–Trinajstić information content (AvgIpc) is 2.71. The van der Waals surface area contributed by atoms with Gasteiger partial charge in [-0.25, -0.2) is 0 Å². The first-order valence-corrected chi connectivity index (χ1v) is 8.28. The first-order valence-electron chi connectivity index (χ1n) is 6.00. The number of halogens is 1. The maximum atomic E-state index is 12.4. The summed E-state index contributed by atoms with van der Waals surface area (Å²) in [5.41, 5.74) is 0.699. The van der Waals surface area contributed by atoms with Gasteiger partial charge in [-0.2, -0.15) is 0 Å². The van der Waals surface area contributed by atoms with Gasteiger partial charge in [-0.15, -0.1) is 0 Å². The van der Waals surface area contributed by atoms with Crippen molar-refractivity contribution in [2.75, 3.05) is 24.6 Å². The van der Waals surface area contributed by atoms with Gasteiger partial charge in [0.2, 0.25) is 0 Å². The van der Waals surface area contributed by atoms with E-state index in [1.165, 1.54) is 0 Å². The van der Waals surface area contributed by atoms with Crippen LogP contribution in [0.15, 0.2) is 16.7 Å². The highest BCUT2D eigenvalue weighted by Crippen LogP contribution is 2.21. The Bertz CT molecular complexity index is 474. The van der Waals surface area contributed by atoms with Crippen molar-refractivity contribution in [1.29, 1.82) is 0 Å². The highest BCUT2D eigenvalue weighted by atomic mass is 79.9. The van der Waals surface area contributed by atoms with Crippen molar-refractivity contribution in [3.63, 3.8) is 0 Å². The van der Waals surface area contributed by atoms with Gasteiger partial charge in [0, 0.05) is 52.1 Å². The minimum atomic E-state index is -0.753. The second kappa shape index (κ2) is 5.57. The highest BCUT2D eigenvalue weighted by molar-refractivity contribution is 9.10. The SMILES string of the molecule is CC(C)n1cc(Br)cc1C(=O)N1CCS(=O)CC1. The molecule has 2 heterocycles. The summed E-state index contributed by atoms with van der Waals surface area (Å²) in [5.74, 6) is 1.22. The third-order valence-corrected chi connectivity index (χ3v) is 4.77. The molecule has 0 bridgehead atoms. The van der Waals surface area contributed by atoms with E-state index in [4.69, 9.17) is 0 Å². The molecule has 1 aromatic rings. The van der Waals surface area contributed by atoms with Gasteiger partial charge in [0.25, 0.3) is 5.91 Å². The second-order valence-electron chi connectivity index (χ2n) is 4.68. The number of rotatable bonds is 2. The van der Waals surface area contributed by atoms with Gasteiger partial charge in [-0.05, 0) is 35.8 Å². The zero-order valence-electron chi connectivity index (χ0n) is 10.6. The van der Waals surface area contributed by atoms with Gasteiger partial charge in [0.05, 0.1) is 0 Å². The number of nitrogens with zero attached hydrogens (tertiary/aromatic N) is 2. The Balaban J connectivity index is 2.20. The maximum absolute atomic E-state index is 12.4. The molecule has 0 aliphatic carbocycles. The minimum absolute atomic E-state index is 0.0334. The first-order chi connectivity index (χ1) is 8.49. The van der Waals surface area contributed by atoms with Crippen LogP contribution in [0.3, 0.4) is 0 Å². The highest BCUT2D eigenvalue weighted by Gasteiger charge is 2.24. The van der Waals surface area contributed by atoms with E-state index in [2.05, 4.69) is 29.8 Å². The van der Waals surface area contributed by atoms with Crippen LogP contribution in [-0.4, -0.2) is 44.2 Å². The van der Waals surface area contributed by atoms with Crippen LogP contribution < -0.4 is 0 Å². The maximum Gasteiger partial charge on any atom is 0.270 e. The Morgan fingerprint density at radius 2 is 2.00 bits per heavy atom. The van der Waals surface area contributed by atoms with E-state index in [0.29, 0.717) is 30.3 Å². The van der Waals surface area contributed by atoms with E-state index < -0.39 is 10.8 Å². The molecular formula is C12H17BrN2O2S. The molecule has 1 amide bonds. The summed E-state index contributed by atoms with van der Waals surface area (Å²) in [6.07, 6.45) is 1.93. The molecule has 0 radical (unpaired) electrons. The molecule has 1 saturated heterocycles. The van der Waals surface area contributed by atoms with Gasteiger partial charge < -0.3 is 9.47 Å². The zero-order chi connectivity index (χ0) is 13.3. The fraction of sp³-hybridized carbons (Fsp3) is 0.583. The lowest BCUT2D eigenvalue weighted by atomic mass is 10.3. The van der Waals surface area contributed by atoms with Crippen molar-refractivity contribution in [3.8, 4) is 0 Å². The summed E-state index contributed by atoms with van der Waals surface area (Å²) in [4.78, 5) is 14.2. The molecule has 4 nitrogen and oxygen atoms in total. The van der Waals surface area contributed by atoms with Crippen LogP contribution in [0.4, 0.5) is 0 Å². The zero-order valence-corrected chi connectivity index (χ0v) is 13.0. The number of amides is 1. The lowest BCUT2D eigenvalue weighted by Gasteiger charge is -2.27. The van der Waals surface area contributed by atoms with Crippen LogP contribution in [-0.2, 0) is 10.8 Å². The van der Waals surface area contributed by atoms with Crippen LogP contribution in [0.25, 0.3) is 0 Å². The van der Waals surface area contributed by atoms with E-state index in [9.17, 15) is 9.00 Å². The normalized spacial score (nSPS) is 17.4. The Labute approximate surface area is 118 Å². The van der Waals surface area contributed by atoms with Gasteiger partial charge in [0.15, 0.2) is 0 Å². The molecule has 6 heteroatoms. The van der Waals surface area contributed by atoms with Gasteiger partial charge in [-0.1, -0.05) is 0 Å². The topological polar surface area (TPSA) is 42.3 Å². The van der Waals surface area contributed by atoms with Crippen molar-refractivity contribution in [1.82, 2.24) is 9.47 Å². The number of aromatic nitrogens is 1. The molecule has 2 rings (SSSR count). The van der Waals surface area contributed by atoms with Crippen LogP contribution >= 0.6 is 15.9 Å². The second-order valence-corrected chi connectivity index (χ2v) is 7.30. The van der Waals surface area contributed by atoms with Crippen molar-refractivity contribution >= 4 is 32.6 Å². The minimum Gasteiger partial charge on any atom is -0.340 e. The Hall–Kier alpha value is -0.620. The number of carbonyl (C=O) groups is 1. The lowest BCUT2D eigenvalue weighted by Crippen LogP contribution is -2.42. The summed E-state index contributed by atoms with van der Waals surface area (Å²) < 4.78 is 14.2. The van der Waals surface area contributed by atoms with Gasteiger partial charge in [-0.3, -0.25) is 9.00 Å². The molecular weight excluding hydrogens is 316 g/mol. The molecule has 0 atom stereocenters. The molecule has 0 unspecified atom stereocenters. The molecule has 100 valence electrons. The molecule has 1 aromatic heterocycles. The summed E-state index contributed by atoms with van der Waals surface area (Å²) in [7, 11) is -0.753. The predicted molar refractivity (Wildman–Crippen MR) is 76.3 cm³/mol. The van der Waals surface area contributed by atoms with Crippen LogP contribution in [0.1, 0.15) is 30.4 Å². The van der Waals surface area contributed by atoms with Crippen molar-refractivity contribution in [2.24, 2.45) is 0 Å². The number of carbonyl (C=O) groups excluding carboxylic acids is 1. The molecule has 1 aliphatic heterocycles. The molecule has 1 aliphatic rings. The average molecular weight is 333 g/mol. The van der Waals surface area contributed by atoms with Crippen molar-refractivity contribution < 1.29 is 9.00 Å². The quantitative estimate of drug-likeness (QED) is 0.831. The van der Waals surface area contributed by atoms with Crippen molar-refractivity contribution in [2.45, 2.75) is 19.9 Å². The van der Waals surface area contributed by atoms with Gasteiger partial charge in [0.1, 0.15) is 5.69 Å². The molecule has 18 heavy (non-hydrogen) atoms. The van der Waals surface area contributed by atoms with Crippen molar-refractivity contribution in [3.05, 3.63) is 22.4 Å². The Kier molecular flexibility index (Phi) is 4.27. The smallest absolute Gasteiger partial charge is 0.270 e. The first kappa shape index (κ1) is 13.8. The van der Waals surface area contributed by atoms with E-state index >= 15 is 0 Å². The summed E-state index contributed by atoms with van der Waals surface area (Å²) in [6, 6.07) is 2.10. The van der Waals surface area contributed by atoms with Crippen LogP contribution in [0.5, 0.6) is 0 Å². The van der Waals surface area contributed by atoms with Crippen LogP contribution in [0.2, 0.25) is 0 Å². The van der Waals surface area contributed by atoms with Gasteiger partial charge >= 0.3 is 0 Å². The predicted octanol–water partition coefficient (Wildman–Crippen LogP) is 2.04. The molecule has 0 saturated carbocycles. The molecule has 0 aromatic carbocycles. The number of hydrogen-bond donors (Lipinski definition) is 0. The number of hydrogen-bond acceptors (Lipinski definition) is 2. The van der Waals surface area contributed by atoms with E-state index in [1.807, 2.05) is 16.8 Å². The molecule has 1 fully saturated rings. The van der Waals surface area contributed by atoms with E-state index in [1.54, 1.807) is 4.90 Å². The third kappa shape index (κ3) is 2.85. The fourth-order valence-corrected chi connectivity index (χ4v) is 3.54. The summed E-state index contributed by atoms with van der Waals surface area (Å²) in [6.45, 7) is 5.28. The standard InChI is InChI=1S/C12H17BrN2O2S/c1-9(2)15-8-10(13)7-11(15)12(16)14-3-5-18(17)6-4-14/h7-9H,3-6H2,1-2H3. The van der Waals surface area contributed by atoms with E-state index in [0.717, 1.165) is 4.47 Å². The molecule has 0 spiro atoms. The summed E-state index contributed by atoms with van der Waals surface area (Å²) >= 11 is 3.41. The fourth-order valence-electron chi connectivity index (χ4n) is 2.05. The molecule has 0 N–H and O–H groups in total. The summed E-state index contributed by atoms with van der Waals surface area (Å²) in [5, 5.41) is 0. The Morgan fingerprint density at radius 1 is 1.39 bits per heavy atom. The largest absolute Gasteiger partial charge is 0.340 e. The monoisotopic (exact) mass is 332 g/mol. The third-order valence-electron chi connectivity index (χ3n) is 3.06. The Morgan fingerprint density at radius 3 is 2.56 bits per heavy atom. The van der Waals surface area contributed by atoms with Crippen LogP contribution in [0, 0.1) is 0 Å². The lowest BCUT2D eigenvalue weighted by molar-refractivity contribution is 0.0759.